The summed E-state index contributed by atoms with van der Waals surface area (Å²) in [6.45, 7) is 5.36. The summed E-state index contributed by atoms with van der Waals surface area (Å²) in [5.74, 6) is 0.872. The number of aryl methyl sites for hydroxylation is 4. The largest absolute Gasteiger partial charge is 0.494 e. The predicted molar refractivity (Wildman–Crippen MR) is 146 cm³/mol. The zero-order valence-corrected chi connectivity index (χ0v) is 21.4. The number of benzene rings is 3. The van der Waals surface area contributed by atoms with Crippen molar-refractivity contribution in [2.75, 3.05) is 6.61 Å². The van der Waals surface area contributed by atoms with Crippen molar-refractivity contribution in [3.05, 3.63) is 113 Å². The van der Waals surface area contributed by atoms with E-state index in [1.54, 1.807) is 0 Å². The number of pyridine rings is 1. The number of aromatic nitrogens is 1. The highest BCUT2D eigenvalue weighted by Crippen LogP contribution is 2.32. The van der Waals surface area contributed by atoms with Gasteiger partial charge in [0.05, 0.1) is 6.61 Å². The first-order valence-corrected chi connectivity index (χ1v) is 12.6. The molecule has 4 aromatic rings. The Kier molecular flexibility index (Phi) is 8.93. The molecule has 0 unspecified atom stereocenters. The van der Waals surface area contributed by atoms with E-state index in [1.807, 2.05) is 48.7 Å². The summed E-state index contributed by atoms with van der Waals surface area (Å²) in [6.07, 6.45) is 4.30. The van der Waals surface area contributed by atoms with Gasteiger partial charge in [-0.25, -0.2) is 0 Å². The SMILES string of the molecule is Cc1cc(OCCCc2ccccn2)cc(C)c1-c1cccc(COc2ccc(CCC(=O)O)cc2)c1. The first kappa shape index (κ1) is 26.0. The Bertz CT molecular complexity index is 1290. The fourth-order valence-electron chi connectivity index (χ4n) is 4.44. The molecule has 0 fully saturated rings. The summed E-state index contributed by atoms with van der Waals surface area (Å²) in [7, 11) is 0. The van der Waals surface area contributed by atoms with Gasteiger partial charge < -0.3 is 14.6 Å². The highest BCUT2D eigenvalue weighted by atomic mass is 16.5. The molecule has 190 valence electrons. The lowest BCUT2D eigenvalue weighted by atomic mass is 9.94. The lowest BCUT2D eigenvalue weighted by Crippen LogP contribution is -2.02. The van der Waals surface area contributed by atoms with Crippen LogP contribution in [0, 0.1) is 13.8 Å². The van der Waals surface area contributed by atoms with Crippen LogP contribution >= 0.6 is 0 Å². The standard InChI is InChI=1S/C32H33NO4/c1-23-19-30(36-18-6-10-28-9-3-4-17-33-28)20-24(2)32(23)27-8-5-7-26(21-27)22-37-29-14-11-25(12-15-29)13-16-31(34)35/h3-5,7-9,11-12,14-15,17,19-21H,6,10,13,16,18,22H2,1-2H3,(H,34,35). The van der Waals surface area contributed by atoms with Crippen molar-refractivity contribution in [2.45, 2.75) is 46.1 Å². The summed E-state index contributed by atoms with van der Waals surface area (Å²) >= 11 is 0. The number of carboxylic acids is 1. The number of carbonyl (C=O) groups is 1. The summed E-state index contributed by atoms with van der Waals surface area (Å²) in [6, 6.07) is 26.3. The Morgan fingerprint density at radius 1 is 0.811 bits per heavy atom. The van der Waals surface area contributed by atoms with Gasteiger partial charge in [0.1, 0.15) is 18.1 Å². The molecule has 37 heavy (non-hydrogen) atoms. The van der Waals surface area contributed by atoms with Crippen LogP contribution in [0.1, 0.15) is 40.8 Å². The van der Waals surface area contributed by atoms with Gasteiger partial charge in [0, 0.05) is 18.3 Å². The van der Waals surface area contributed by atoms with Crippen molar-refractivity contribution in [1.82, 2.24) is 4.98 Å². The predicted octanol–water partition coefficient (Wildman–Crippen LogP) is 6.97. The van der Waals surface area contributed by atoms with Gasteiger partial charge in [0.25, 0.3) is 0 Å². The Hall–Kier alpha value is -4.12. The molecule has 0 spiro atoms. The van der Waals surface area contributed by atoms with Crippen LogP contribution in [0.2, 0.25) is 0 Å². The smallest absolute Gasteiger partial charge is 0.303 e. The molecular weight excluding hydrogens is 462 g/mol. The monoisotopic (exact) mass is 495 g/mol. The first-order valence-electron chi connectivity index (χ1n) is 12.6. The molecule has 0 saturated carbocycles. The molecule has 1 N–H and O–H groups in total. The average Bonchev–Trinajstić information content (AvgIpc) is 2.90. The maximum Gasteiger partial charge on any atom is 0.303 e. The van der Waals surface area contributed by atoms with Crippen molar-refractivity contribution in [3.8, 4) is 22.6 Å². The topological polar surface area (TPSA) is 68.7 Å². The minimum Gasteiger partial charge on any atom is -0.494 e. The minimum absolute atomic E-state index is 0.130. The molecule has 0 atom stereocenters. The highest BCUT2D eigenvalue weighted by molar-refractivity contribution is 5.72. The Balaban J connectivity index is 1.35. The third kappa shape index (κ3) is 7.68. The summed E-state index contributed by atoms with van der Waals surface area (Å²) in [5, 5.41) is 8.84. The lowest BCUT2D eigenvalue weighted by molar-refractivity contribution is -0.136. The van der Waals surface area contributed by atoms with E-state index in [1.165, 1.54) is 16.7 Å². The molecule has 0 radical (unpaired) electrons. The van der Waals surface area contributed by atoms with Crippen LogP contribution in [0.5, 0.6) is 11.5 Å². The number of nitrogens with zero attached hydrogens (tertiary/aromatic N) is 1. The van der Waals surface area contributed by atoms with Crippen LogP contribution in [0.4, 0.5) is 0 Å². The van der Waals surface area contributed by atoms with E-state index >= 15 is 0 Å². The fourth-order valence-corrected chi connectivity index (χ4v) is 4.44. The van der Waals surface area contributed by atoms with Gasteiger partial charge in [0.15, 0.2) is 0 Å². The maximum absolute atomic E-state index is 10.8. The number of aliphatic carboxylic acids is 1. The van der Waals surface area contributed by atoms with Crippen LogP contribution in [0.25, 0.3) is 11.1 Å². The van der Waals surface area contributed by atoms with Crippen molar-refractivity contribution >= 4 is 5.97 Å². The zero-order valence-electron chi connectivity index (χ0n) is 21.4. The van der Waals surface area contributed by atoms with Gasteiger partial charge in [-0.1, -0.05) is 36.4 Å². The van der Waals surface area contributed by atoms with Crippen LogP contribution in [0.3, 0.4) is 0 Å². The third-order valence-corrected chi connectivity index (χ3v) is 6.25. The van der Waals surface area contributed by atoms with E-state index in [0.717, 1.165) is 46.7 Å². The second-order valence-corrected chi connectivity index (χ2v) is 9.23. The maximum atomic E-state index is 10.8. The zero-order chi connectivity index (χ0) is 26.0. The molecular formula is C32H33NO4. The first-order chi connectivity index (χ1) is 18.0. The molecule has 0 aliphatic heterocycles. The molecule has 0 saturated heterocycles. The molecule has 1 aromatic heterocycles. The van der Waals surface area contributed by atoms with E-state index < -0.39 is 5.97 Å². The Labute approximate surface area is 218 Å². The van der Waals surface area contributed by atoms with Gasteiger partial charge in [-0.2, -0.15) is 0 Å². The summed E-state index contributed by atoms with van der Waals surface area (Å²) in [5.41, 5.74) is 7.88. The Morgan fingerprint density at radius 3 is 2.30 bits per heavy atom. The van der Waals surface area contributed by atoms with Crippen LogP contribution in [-0.2, 0) is 24.2 Å². The van der Waals surface area contributed by atoms with Crippen LogP contribution < -0.4 is 9.47 Å². The molecule has 4 rings (SSSR count). The summed E-state index contributed by atoms with van der Waals surface area (Å²) < 4.78 is 12.0. The van der Waals surface area contributed by atoms with E-state index in [4.69, 9.17) is 14.6 Å². The average molecular weight is 496 g/mol. The van der Waals surface area contributed by atoms with Gasteiger partial charge >= 0.3 is 5.97 Å². The molecule has 1 heterocycles. The summed E-state index contributed by atoms with van der Waals surface area (Å²) in [4.78, 5) is 15.1. The molecule has 5 heteroatoms. The number of hydrogen-bond acceptors (Lipinski definition) is 4. The van der Waals surface area contributed by atoms with Crippen molar-refractivity contribution in [3.63, 3.8) is 0 Å². The molecule has 0 aliphatic rings. The van der Waals surface area contributed by atoms with Crippen LogP contribution in [-0.4, -0.2) is 22.7 Å². The fraction of sp³-hybridized carbons (Fsp3) is 0.250. The van der Waals surface area contributed by atoms with E-state index in [-0.39, 0.29) is 6.42 Å². The second kappa shape index (κ2) is 12.7. The second-order valence-electron chi connectivity index (χ2n) is 9.23. The van der Waals surface area contributed by atoms with Gasteiger partial charge in [-0.15, -0.1) is 0 Å². The Morgan fingerprint density at radius 2 is 1.59 bits per heavy atom. The number of ether oxygens (including phenoxy) is 2. The number of rotatable bonds is 12. The van der Waals surface area contributed by atoms with E-state index in [9.17, 15) is 4.79 Å². The van der Waals surface area contributed by atoms with Crippen molar-refractivity contribution in [1.29, 1.82) is 0 Å². The lowest BCUT2D eigenvalue weighted by Gasteiger charge is -2.15. The molecule has 0 bridgehead atoms. The molecule has 5 nitrogen and oxygen atoms in total. The van der Waals surface area contributed by atoms with Crippen molar-refractivity contribution in [2.24, 2.45) is 0 Å². The number of carboxylic acid groups (broad SMARTS) is 1. The number of hydrogen-bond donors (Lipinski definition) is 1. The van der Waals surface area contributed by atoms with Gasteiger partial charge in [0.2, 0.25) is 0 Å². The molecule has 0 amide bonds. The molecule has 0 aliphatic carbocycles. The normalized spacial score (nSPS) is 10.8. The third-order valence-electron chi connectivity index (χ3n) is 6.25. The quantitative estimate of drug-likeness (QED) is 0.215. The van der Waals surface area contributed by atoms with Gasteiger partial charge in [-0.05, 0) is 109 Å². The highest BCUT2D eigenvalue weighted by Gasteiger charge is 2.10. The van der Waals surface area contributed by atoms with Crippen molar-refractivity contribution < 1.29 is 19.4 Å². The molecule has 3 aromatic carbocycles. The van der Waals surface area contributed by atoms with Gasteiger partial charge in [-0.3, -0.25) is 9.78 Å². The van der Waals surface area contributed by atoms with Crippen LogP contribution in [0.15, 0.2) is 85.1 Å². The minimum atomic E-state index is -0.788. The van der Waals surface area contributed by atoms with E-state index in [0.29, 0.717) is 19.6 Å². The van der Waals surface area contributed by atoms with E-state index in [2.05, 4.69) is 55.2 Å².